The topological polar surface area (TPSA) is 23.5 Å². The van der Waals surface area contributed by atoms with Crippen LogP contribution in [0.1, 0.15) is 12.8 Å². The Morgan fingerprint density at radius 1 is 1.06 bits per heavy atom. The van der Waals surface area contributed by atoms with Crippen molar-refractivity contribution in [2.24, 2.45) is 0 Å². The van der Waals surface area contributed by atoms with Crippen molar-refractivity contribution in [2.45, 2.75) is 33.8 Å². The molecular weight excluding hydrogens is 317 g/mol. The third kappa shape index (κ3) is 3.38. The van der Waals surface area contributed by atoms with Crippen LogP contribution in [0.25, 0.3) is 0 Å². The van der Waals surface area contributed by atoms with E-state index in [1.807, 2.05) is 0 Å². The predicted molar refractivity (Wildman–Crippen MR) is 76.9 cm³/mol. The van der Waals surface area contributed by atoms with Gasteiger partial charge in [0, 0.05) is 0 Å². The van der Waals surface area contributed by atoms with Crippen molar-refractivity contribution in [1.29, 1.82) is 0 Å². The molecule has 0 saturated carbocycles. The van der Waals surface area contributed by atoms with Crippen molar-refractivity contribution in [3.63, 3.8) is 0 Å². The van der Waals surface area contributed by atoms with Gasteiger partial charge < -0.3 is 0 Å². The second-order valence-electron chi connectivity index (χ2n) is 6.02. The summed E-state index contributed by atoms with van der Waals surface area (Å²) in [6.07, 6.45) is 1.72. The molecule has 1 aromatic carbocycles. The Hall–Kier alpha value is -0.221. The SMILES string of the molecule is [CH3][Sn]([CH3])([CH3])[c]1ccc(N2CCC(O)CC2)cc1. The van der Waals surface area contributed by atoms with Crippen LogP contribution >= 0.6 is 0 Å². The molecule has 17 heavy (non-hydrogen) atoms. The normalized spacial score (nSPS) is 18.5. The number of piperidine rings is 1. The molecule has 1 aliphatic rings. The minimum absolute atomic E-state index is 0.0868. The molecule has 2 rings (SSSR count). The summed E-state index contributed by atoms with van der Waals surface area (Å²) in [7, 11) is 0. The molecule has 0 aliphatic carbocycles. The third-order valence-corrected chi connectivity index (χ3v) is 9.46. The Labute approximate surface area is 109 Å². The first-order valence-corrected chi connectivity index (χ1v) is 16.5. The van der Waals surface area contributed by atoms with Gasteiger partial charge in [-0.3, -0.25) is 0 Å². The monoisotopic (exact) mass is 341 g/mol. The molecular formula is C14H23NOSn. The van der Waals surface area contributed by atoms with Crippen molar-refractivity contribution in [3.8, 4) is 0 Å². The molecule has 1 aliphatic heterocycles. The van der Waals surface area contributed by atoms with Gasteiger partial charge >= 0.3 is 109 Å². The van der Waals surface area contributed by atoms with Crippen LogP contribution < -0.4 is 8.48 Å². The number of rotatable bonds is 2. The van der Waals surface area contributed by atoms with E-state index in [2.05, 4.69) is 44.0 Å². The number of hydrogen-bond donors (Lipinski definition) is 1. The molecule has 0 aromatic heterocycles. The summed E-state index contributed by atoms with van der Waals surface area (Å²) < 4.78 is 1.58. The number of aliphatic hydroxyl groups excluding tert-OH is 1. The summed E-state index contributed by atoms with van der Waals surface area (Å²) in [4.78, 5) is 9.72. The minimum atomic E-state index is -1.89. The maximum absolute atomic E-state index is 9.51. The molecule has 2 nitrogen and oxygen atoms in total. The molecule has 3 heteroatoms. The van der Waals surface area contributed by atoms with Gasteiger partial charge in [-0.05, 0) is 0 Å². The van der Waals surface area contributed by atoms with E-state index in [9.17, 15) is 5.11 Å². The van der Waals surface area contributed by atoms with Crippen LogP contribution in [0, 0.1) is 0 Å². The van der Waals surface area contributed by atoms with Gasteiger partial charge in [-0.1, -0.05) is 0 Å². The molecule has 0 radical (unpaired) electrons. The summed E-state index contributed by atoms with van der Waals surface area (Å²) in [5.74, 6) is 0. The zero-order valence-corrected chi connectivity index (χ0v) is 14.0. The second-order valence-corrected chi connectivity index (χ2v) is 20.5. The van der Waals surface area contributed by atoms with E-state index in [-0.39, 0.29) is 6.10 Å². The van der Waals surface area contributed by atoms with Gasteiger partial charge in [0.15, 0.2) is 0 Å². The van der Waals surface area contributed by atoms with E-state index in [0.29, 0.717) is 0 Å². The first-order chi connectivity index (χ1) is 7.97. The summed E-state index contributed by atoms with van der Waals surface area (Å²) in [6.45, 7) is 1.97. The van der Waals surface area contributed by atoms with Crippen molar-refractivity contribution in [3.05, 3.63) is 24.3 Å². The van der Waals surface area contributed by atoms with Crippen molar-refractivity contribution < 1.29 is 5.11 Å². The summed E-state index contributed by atoms with van der Waals surface area (Å²) in [6, 6.07) is 9.15. The quantitative estimate of drug-likeness (QED) is 0.835. The molecule has 1 N–H and O–H groups in total. The van der Waals surface area contributed by atoms with Gasteiger partial charge in [0.1, 0.15) is 0 Å². The fourth-order valence-electron chi connectivity index (χ4n) is 2.30. The molecule has 1 heterocycles. The summed E-state index contributed by atoms with van der Waals surface area (Å²) in [5, 5.41) is 9.51. The van der Waals surface area contributed by atoms with Gasteiger partial charge in [0.05, 0.1) is 0 Å². The Kier molecular flexibility index (Phi) is 4.03. The second kappa shape index (κ2) is 5.19. The number of aliphatic hydroxyl groups is 1. The third-order valence-electron chi connectivity index (χ3n) is 3.56. The molecule has 1 fully saturated rings. The number of anilines is 1. The van der Waals surface area contributed by atoms with Crippen molar-refractivity contribution >= 4 is 27.6 Å². The standard InChI is InChI=1S/C11H14NO.3CH3.Sn/c13-11-6-8-12(9-7-11)10-4-2-1-3-5-10;;;;/h2-5,11,13H,6-9H2;3*1H3;. The Bertz CT molecular complexity index is 361. The molecule has 0 atom stereocenters. The van der Waals surface area contributed by atoms with Gasteiger partial charge in [-0.25, -0.2) is 0 Å². The van der Waals surface area contributed by atoms with E-state index in [1.54, 1.807) is 3.58 Å². The average molecular weight is 340 g/mol. The zero-order chi connectivity index (χ0) is 12.5. The predicted octanol–water partition coefficient (Wildman–Crippen LogP) is 2.19. The number of benzene rings is 1. The van der Waals surface area contributed by atoms with E-state index in [4.69, 9.17) is 0 Å². The molecule has 1 saturated heterocycles. The first kappa shape index (κ1) is 13.2. The molecule has 1 aromatic rings. The van der Waals surface area contributed by atoms with Crippen LogP contribution in [0.15, 0.2) is 24.3 Å². The van der Waals surface area contributed by atoms with Crippen LogP contribution in [-0.2, 0) is 0 Å². The Balaban J connectivity index is 2.08. The van der Waals surface area contributed by atoms with E-state index in [1.165, 1.54) is 5.69 Å². The van der Waals surface area contributed by atoms with Gasteiger partial charge in [0.25, 0.3) is 0 Å². The fraction of sp³-hybridized carbons (Fsp3) is 0.571. The van der Waals surface area contributed by atoms with Gasteiger partial charge in [-0.15, -0.1) is 0 Å². The molecule has 0 spiro atoms. The molecule has 0 amide bonds. The Morgan fingerprint density at radius 2 is 1.59 bits per heavy atom. The van der Waals surface area contributed by atoms with Gasteiger partial charge in [-0.2, -0.15) is 0 Å². The summed E-state index contributed by atoms with van der Waals surface area (Å²) >= 11 is -1.89. The maximum atomic E-state index is 9.51. The Morgan fingerprint density at radius 3 is 2.06 bits per heavy atom. The van der Waals surface area contributed by atoms with Crippen molar-refractivity contribution in [2.75, 3.05) is 18.0 Å². The van der Waals surface area contributed by atoms with Crippen LogP contribution in [0.5, 0.6) is 0 Å². The van der Waals surface area contributed by atoms with Gasteiger partial charge in [0.2, 0.25) is 0 Å². The molecule has 0 unspecified atom stereocenters. The van der Waals surface area contributed by atoms with Crippen LogP contribution in [0.4, 0.5) is 5.69 Å². The van der Waals surface area contributed by atoms with Crippen molar-refractivity contribution in [1.82, 2.24) is 0 Å². The van der Waals surface area contributed by atoms with E-state index < -0.39 is 18.4 Å². The fourth-order valence-corrected chi connectivity index (χ4v) is 5.63. The molecule has 94 valence electrons. The first-order valence-electron chi connectivity index (χ1n) is 6.50. The number of nitrogens with zero attached hydrogens (tertiary/aromatic N) is 1. The van der Waals surface area contributed by atoms with E-state index in [0.717, 1.165) is 25.9 Å². The van der Waals surface area contributed by atoms with E-state index >= 15 is 0 Å². The van der Waals surface area contributed by atoms with Crippen LogP contribution in [-0.4, -0.2) is 42.7 Å². The average Bonchev–Trinajstić information content (AvgIpc) is 2.29. The van der Waals surface area contributed by atoms with Crippen LogP contribution in [0.3, 0.4) is 0 Å². The summed E-state index contributed by atoms with van der Waals surface area (Å²) in [5.41, 5.74) is 1.32. The molecule has 0 bridgehead atoms. The number of hydrogen-bond acceptors (Lipinski definition) is 2. The zero-order valence-electron chi connectivity index (χ0n) is 11.1. The van der Waals surface area contributed by atoms with Crippen LogP contribution in [0.2, 0.25) is 14.8 Å².